The van der Waals surface area contributed by atoms with Gasteiger partial charge in [-0.05, 0) is 6.92 Å². The van der Waals surface area contributed by atoms with E-state index in [1.807, 2.05) is 6.92 Å². The average molecular weight is 127 g/mol. The summed E-state index contributed by atoms with van der Waals surface area (Å²) in [5.41, 5.74) is 0. The predicted octanol–water partition coefficient (Wildman–Crippen LogP) is 0.165. The summed E-state index contributed by atoms with van der Waals surface area (Å²) in [6.45, 7) is 2.62. The zero-order chi connectivity index (χ0) is 4.99. The number of nitrogens with two attached hydrogens (primary N) is 1. The molecule has 46 valence electrons. The lowest BCUT2D eigenvalue weighted by Crippen LogP contribution is -2.28. The molecule has 4 heteroatoms. The Morgan fingerprint density at radius 3 is 2.14 bits per heavy atom. The second kappa shape index (κ2) is 6.17. The van der Waals surface area contributed by atoms with Crippen LogP contribution in [0.1, 0.15) is 6.92 Å². The summed E-state index contributed by atoms with van der Waals surface area (Å²) < 4.78 is 0. The first-order valence-corrected chi connectivity index (χ1v) is 1.87. The van der Waals surface area contributed by atoms with E-state index in [9.17, 15) is 0 Å². The van der Waals surface area contributed by atoms with Crippen molar-refractivity contribution >= 4 is 12.4 Å². The quantitative estimate of drug-likeness (QED) is 0.423. The van der Waals surface area contributed by atoms with E-state index in [1.54, 1.807) is 0 Å². The molecule has 0 fully saturated rings. The average Bonchev–Trinajstić information content (AvgIpc) is 1.65. The molecule has 0 rings (SSSR count). The van der Waals surface area contributed by atoms with Crippen molar-refractivity contribution in [2.75, 3.05) is 13.7 Å². The molecule has 0 heterocycles. The molecular formula is C3H11ClN2O. The third-order valence-corrected chi connectivity index (χ3v) is 0.546. The van der Waals surface area contributed by atoms with Crippen molar-refractivity contribution in [2.24, 2.45) is 5.84 Å². The summed E-state index contributed by atoms with van der Waals surface area (Å²) in [7, 11) is 1.53. The molecule has 0 spiro atoms. The van der Waals surface area contributed by atoms with E-state index >= 15 is 0 Å². The molecule has 7 heavy (non-hydrogen) atoms. The number of rotatable bonds is 2. The number of hydrogen-bond donors (Lipinski definition) is 1. The maximum atomic E-state index is 5.08. The molecule has 0 aliphatic rings. The summed E-state index contributed by atoms with van der Waals surface area (Å²) in [6.07, 6.45) is 0. The molecule has 0 aliphatic carbocycles. The van der Waals surface area contributed by atoms with Crippen LogP contribution in [0.2, 0.25) is 0 Å². The lowest BCUT2D eigenvalue weighted by molar-refractivity contribution is -0.129. The summed E-state index contributed by atoms with van der Waals surface area (Å²) in [5.74, 6) is 5.08. The zero-order valence-electron chi connectivity index (χ0n) is 4.55. The lowest BCUT2D eigenvalue weighted by Gasteiger charge is -2.06. The number of nitrogens with zero attached hydrogens (tertiary/aromatic N) is 1. The van der Waals surface area contributed by atoms with Crippen molar-refractivity contribution in [1.82, 2.24) is 5.17 Å². The molecule has 0 aliphatic heterocycles. The van der Waals surface area contributed by atoms with E-state index in [4.69, 9.17) is 5.84 Å². The van der Waals surface area contributed by atoms with Crippen molar-refractivity contribution in [3.8, 4) is 0 Å². The Hall–Kier alpha value is 0.170. The summed E-state index contributed by atoms with van der Waals surface area (Å²) in [5, 5.41) is 1.25. The second-order valence-electron chi connectivity index (χ2n) is 0.916. The van der Waals surface area contributed by atoms with Crippen LogP contribution in [0.3, 0.4) is 0 Å². The maximum Gasteiger partial charge on any atom is 0.0591 e. The normalized spacial score (nSPS) is 8.57. The Balaban J connectivity index is 0. The third kappa shape index (κ3) is 6.17. The molecule has 0 amide bonds. The van der Waals surface area contributed by atoms with Gasteiger partial charge in [-0.25, -0.2) is 5.84 Å². The smallest absolute Gasteiger partial charge is 0.0591 e. The Kier molecular flexibility index (Phi) is 9.00. The highest BCUT2D eigenvalue weighted by Gasteiger charge is 1.82. The molecule has 0 aromatic rings. The first kappa shape index (κ1) is 10.2. The van der Waals surface area contributed by atoms with Crippen LogP contribution < -0.4 is 5.84 Å². The highest BCUT2D eigenvalue weighted by Crippen LogP contribution is 1.68. The van der Waals surface area contributed by atoms with Gasteiger partial charge in [-0.1, -0.05) is 0 Å². The number of hydrogen-bond acceptors (Lipinski definition) is 3. The molecule has 0 saturated heterocycles. The zero-order valence-corrected chi connectivity index (χ0v) is 5.36. The van der Waals surface area contributed by atoms with Gasteiger partial charge in [0.15, 0.2) is 0 Å². The molecule has 0 aromatic heterocycles. The van der Waals surface area contributed by atoms with Crippen molar-refractivity contribution in [3.05, 3.63) is 0 Å². The number of halogens is 1. The van der Waals surface area contributed by atoms with E-state index < -0.39 is 0 Å². The van der Waals surface area contributed by atoms with Gasteiger partial charge in [-0.3, -0.25) is 4.84 Å². The maximum absolute atomic E-state index is 5.08. The van der Waals surface area contributed by atoms with Crippen LogP contribution in [0.5, 0.6) is 0 Å². The Morgan fingerprint density at radius 2 is 2.14 bits per heavy atom. The van der Waals surface area contributed by atoms with Gasteiger partial charge in [0.05, 0.1) is 7.11 Å². The molecule has 0 radical (unpaired) electrons. The summed E-state index contributed by atoms with van der Waals surface area (Å²) in [6, 6.07) is 0. The SMILES string of the molecule is CCN(N)OC.Cl. The van der Waals surface area contributed by atoms with Gasteiger partial charge < -0.3 is 0 Å². The van der Waals surface area contributed by atoms with Crippen molar-refractivity contribution in [1.29, 1.82) is 0 Å². The fourth-order valence-corrected chi connectivity index (χ4v) is 0.129. The molecule has 0 bridgehead atoms. The van der Waals surface area contributed by atoms with Crippen LogP contribution in [0, 0.1) is 0 Å². The fraction of sp³-hybridized carbons (Fsp3) is 1.00. The highest BCUT2D eigenvalue weighted by atomic mass is 35.5. The van der Waals surface area contributed by atoms with Crippen LogP contribution in [-0.2, 0) is 4.84 Å². The second-order valence-corrected chi connectivity index (χ2v) is 0.916. The van der Waals surface area contributed by atoms with Gasteiger partial charge in [-0.15, -0.1) is 17.6 Å². The molecular weight excluding hydrogens is 115 g/mol. The molecule has 0 saturated carbocycles. The van der Waals surface area contributed by atoms with E-state index in [1.165, 1.54) is 12.3 Å². The van der Waals surface area contributed by atoms with Crippen molar-refractivity contribution in [2.45, 2.75) is 6.92 Å². The van der Waals surface area contributed by atoms with Crippen LogP contribution >= 0.6 is 12.4 Å². The molecule has 0 atom stereocenters. The minimum absolute atomic E-state index is 0. The van der Waals surface area contributed by atoms with Gasteiger partial charge in [0.1, 0.15) is 0 Å². The molecule has 3 nitrogen and oxygen atoms in total. The monoisotopic (exact) mass is 126 g/mol. The van der Waals surface area contributed by atoms with E-state index in [0.717, 1.165) is 6.54 Å². The highest BCUT2D eigenvalue weighted by molar-refractivity contribution is 5.85. The lowest BCUT2D eigenvalue weighted by atomic mass is 10.8. The number of hydrazine groups is 1. The van der Waals surface area contributed by atoms with E-state index in [0.29, 0.717) is 0 Å². The minimum atomic E-state index is 0. The molecule has 2 N–H and O–H groups in total. The Bertz CT molecular complexity index is 32.1. The topological polar surface area (TPSA) is 38.5 Å². The van der Waals surface area contributed by atoms with Gasteiger partial charge in [0.25, 0.3) is 0 Å². The van der Waals surface area contributed by atoms with Gasteiger partial charge in [0.2, 0.25) is 0 Å². The minimum Gasteiger partial charge on any atom is -0.288 e. The van der Waals surface area contributed by atoms with Gasteiger partial charge in [-0.2, -0.15) is 0 Å². The number of hydroxylamine groups is 1. The van der Waals surface area contributed by atoms with Crippen LogP contribution in [-0.4, -0.2) is 18.8 Å². The molecule has 0 aromatic carbocycles. The van der Waals surface area contributed by atoms with E-state index in [2.05, 4.69) is 4.84 Å². The predicted molar refractivity (Wildman–Crippen MR) is 30.8 cm³/mol. The largest absolute Gasteiger partial charge is 0.288 e. The van der Waals surface area contributed by atoms with E-state index in [-0.39, 0.29) is 12.4 Å². The van der Waals surface area contributed by atoms with Gasteiger partial charge in [0, 0.05) is 6.54 Å². The Morgan fingerprint density at radius 1 is 1.71 bits per heavy atom. The van der Waals surface area contributed by atoms with Crippen molar-refractivity contribution < 1.29 is 4.84 Å². The van der Waals surface area contributed by atoms with Crippen LogP contribution in [0.15, 0.2) is 0 Å². The standard InChI is InChI=1S/C3H10N2O.ClH/c1-3-5(4)6-2;/h3-4H2,1-2H3;1H. The molecule has 0 unspecified atom stereocenters. The van der Waals surface area contributed by atoms with Gasteiger partial charge >= 0.3 is 0 Å². The van der Waals surface area contributed by atoms with Crippen LogP contribution in [0.25, 0.3) is 0 Å². The summed E-state index contributed by atoms with van der Waals surface area (Å²) >= 11 is 0. The van der Waals surface area contributed by atoms with Crippen LogP contribution in [0.4, 0.5) is 0 Å². The summed E-state index contributed by atoms with van der Waals surface area (Å²) in [4.78, 5) is 4.51. The first-order chi connectivity index (χ1) is 2.81. The fourth-order valence-electron chi connectivity index (χ4n) is 0.129. The Labute approximate surface area is 49.8 Å². The third-order valence-electron chi connectivity index (χ3n) is 0.546. The first-order valence-electron chi connectivity index (χ1n) is 1.87. The van der Waals surface area contributed by atoms with Crippen molar-refractivity contribution in [3.63, 3.8) is 0 Å².